The van der Waals surface area contributed by atoms with Gasteiger partial charge in [0.1, 0.15) is 0 Å². The SMILES string of the molecule is CCN(CC)c1ccc(NS(=O)(=O)c2cc3c4c(cccc4c2)C(=O)NC3=O)cc1. The minimum absolute atomic E-state index is 0.0422. The third kappa shape index (κ3) is 3.39. The van der Waals surface area contributed by atoms with Crippen LogP contribution < -0.4 is 14.9 Å². The maximum atomic E-state index is 13.0. The highest BCUT2D eigenvalue weighted by atomic mass is 32.2. The zero-order valence-electron chi connectivity index (χ0n) is 16.6. The highest BCUT2D eigenvalue weighted by Gasteiger charge is 2.27. The molecule has 0 saturated carbocycles. The standard InChI is InChI=1S/C22H21N3O4S/c1-3-25(4-2)16-10-8-15(9-11-16)24-30(28,29)17-12-14-6-5-7-18-20(14)19(13-17)22(27)23-21(18)26/h5-13,24H,3-4H2,1-2H3,(H,23,26,27). The van der Waals surface area contributed by atoms with Crippen molar-refractivity contribution in [3.8, 4) is 0 Å². The fraction of sp³-hybridized carbons (Fsp3) is 0.182. The minimum Gasteiger partial charge on any atom is -0.372 e. The van der Waals surface area contributed by atoms with E-state index in [4.69, 9.17) is 0 Å². The van der Waals surface area contributed by atoms with E-state index in [0.29, 0.717) is 22.0 Å². The highest BCUT2D eigenvalue weighted by Crippen LogP contribution is 2.30. The molecule has 3 aromatic rings. The molecular weight excluding hydrogens is 402 g/mol. The molecule has 1 heterocycles. The van der Waals surface area contributed by atoms with E-state index >= 15 is 0 Å². The van der Waals surface area contributed by atoms with Gasteiger partial charge in [0.05, 0.1) is 4.90 Å². The molecule has 0 bridgehead atoms. The minimum atomic E-state index is -3.94. The molecule has 154 valence electrons. The first-order chi connectivity index (χ1) is 14.3. The molecule has 0 spiro atoms. The van der Waals surface area contributed by atoms with Crippen molar-refractivity contribution in [3.63, 3.8) is 0 Å². The molecule has 8 heteroatoms. The first-order valence-corrected chi connectivity index (χ1v) is 11.1. The number of anilines is 2. The second kappa shape index (κ2) is 7.46. The van der Waals surface area contributed by atoms with Gasteiger partial charge in [-0.05, 0) is 61.7 Å². The van der Waals surface area contributed by atoms with Gasteiger partial charge < -0.3 is 4.90 Å². The van der Waals surface area contributed by atoms with Crippen LogP contribution in [0.3, 0.4) is 0 Å². The van der Waals surface area contributed by atoms with Crippen LogP contribution in [0.5, 0.6) is 0 Å². The lowest BCUT2D eigenvalue weighted by atomic mass is 9.95. The second-order valence-electron chi connectivity index (χ2n) is 6.98. The molecule has 7 nitrogen and oxygen atoms in total. The maximum absolute atomic E-state index is 13.0. The number of hydrogen-bond donors (Lipinski definition) is 2. The largest absolute Gasteiger partial charge is 0.372 e. The molecule has 0 radical (unpaired) electrons. The van der Waals surface area contributed by atoms with Gasteiger partial charge in [0.15, 0.2) is 0 Å². The van der Waals surface area contributed by atoms with Crippen molar-refractivity contribution in [3.05, 3.63) is 65.7 Å². The number of carbonyl (C=O) groups is 2. The van der Waals surface area contributed by atoms with Gasteiger partial charge in [0.2, 0.25) is 0 Å². The van der Waals surface area contributed by atoms with Crippen LogP contribution >= 0.6 is 0 Å². The zero-order valence-corrected chi connectivity index (χ0v) is 17.4. The zero-order chi connectivity index (χ0) is 21.5. The Morgan fingerprint density at radius 2 is 1.57 bits per heavy atom. The van der Waals surface area contributed by atoms with Crippen LogP contribution in [0, 0.1) is 0 Å². The summed E-state index contributed by atoms with van der Waals surface area (Å²) in [5.41, 5.74) is 1.95. The predicted octanol–water partition coefficient (Wildman–Crippen LogP) is 3.37. The average molecular weight is 423 g/mol. The van der Waals surface area contributed by atoms with Crippen molar-refractivity contribution in [2.75, 3.05) is 22.7 Å². The molecule has 0 unspecified atom stereocenters. The van der Waals surface area contributed by atoms with Crippen molar-refractivity contribution in [2.24, 2.45) is 0 Å². The average Bonchev–Trinajstić information content (AvgIpc) is 2.73. The van der Waals surface area contributed by atoms with E-state index < -0.39 is 21.8 Å². The summed E-state index contributed by atoms with van der Waals surface area (Å²) in [5, 5.41) is 3.24. The van der Waals surface area contributed by atoms with Gasteiger partial charge >= 0.3 is 0 Å². The normalized spacial score (nSPS) is 13.3. The summed E-state index contributed by atoms with van der Waals surface area (Å²) in [4.78, 5) is 26.5. The van der Waals surface area contributed by atoms with E-state index in [-0.39, 0.29) is 10.5 Å². The second-order valence-corrected chi connectivity index (χ2v) is 8.66. The van der Waals surface area contributed by atoms with Crippen LogP contribution in [-0.2, 0) is 10.0 Å². The van der Waals surface area contributed by atoms with E-state index in [1.54, 1.807) is 30.3 Å². The molecule has 0 fully saturated rings. The lowest BCUT2D eigenvalue weighted by Crippen LogP contribution is -2.34. The molecule has 4 rings (SSSR count). The van der Waals surface area contributed by atoms with Crippen molar-refractivity contribution in [2.45, 2.75) is 18.7 Å². The van der Waals surface area contributed by atoms with E-state index in [0.717, 1.165) is 18.8 Å². The van der Waals surface area contributed by atoms with Gasteiger partial charge in [-0.15, -0.1) is 0 Å². The van der Waals surface area contributed by atoms with E-state index in [9.17, 15) is 18.0 Å². The number of benzene rings is 3. The number of imide groups is 1. The van der Waals surface area contributed by atoms with Gasteiger partial charge in [-0.3, -0.25) is 19.6 Å². The Balaban J connectivity index is 1.72. The van der Waals surface area contributed by atoms with Gasteiger partial charge in [0, 0.05) is 41.0 Å². The molecule has 0 saturated heterocycles. The van der Waals surface area contributed by atoms with E-state index in [1.807, 2.05) is 12.1 Å². The van der Waals surface area contributed by atoms with Crippen LogP contribution in [0.25, 0.3) is 10.8 Å². The summed E-state index contributed by atoms with van der Waals surface area (Å²) in [6.07, 6.45) is 0. The molecule has 0 aliphatic carbocycles. The Bertz CT molecular complexity index is 1260. The number of amides is 2. The monoisotopic (exact) mass is 423 g/mol. The smallest absolute Gasteiger partial charge is 0.261 e. The number of carbonyl (C=O) groups excluding carboxylic acids is 2. The molecule has 0 aromatic heterocycles. The Morgan fingerprint density at radius 3 is 2.23 bits per heavy atom. The van der Waals surface area contributed by atoms with Crippen LogP contribution in [0.4, 0.5) is 11.4 Å². The molecule has 2 N–H and O–H groups in total. The molecule has 30 heavy (non-hydrogen) atoms. The number of nitrogens with one attached hydrogen (secondary N) is 2. The lowest BCUT2D eigenvalue weighted by molar-refractivity contribution is 0.0845. The fourth-order valence-corrected chi connectivity index (χ4v) is 4.82. The number of hydrogen-bond acceptors (Lipinski definition) is 5. The molecule has 1 aliphatic rings. The Morgan fingerprint density at radius 1 is 0.900 bits per heavy atom. The topological polar surface area (TPSA) is 95.6 Å². The van der Waals surface area contributed by atoms with Gasteiger partial charge in [-0.25, -0.2) is 8.42 Å². The number of rotatable bonds is 6. The summed E-state index contributed by atoms with van der Waals surface area (Å²) in [7, 11) is -3.94. The third-order valence-electron chi connectivity index (χ3n) is 5.23. The predicted molar refractivity (Wildman–Crippen MR) is 117 cm³/mol. The summed E-state index contributed by atoms with van der Waals surface area (Å²) in [6.45, 7) is 5.82. The van der Waals surface area contributed by atoms with Crippen molar-refractivity contribution < 1.29 is 18.0 Å². The maximum Gasteiger partial charge on any atom is 0.261 e. The molecular formula is C22H21N3O4S. The lowest BCUT2D eigenvalue weighted by Gasteiger charge is -2.21. The number of sulfonamides is 1. The van der Waals surface area contributed by atoms with E-state index in [1.165, 1.54) is 12.1 Å². The van der Waals surface area contributed by atoms with Crippen LogP contribution in [0.15, 0.2) is 59.5 Å². The van der Waals surface area contributed by atoms with Gasteiger partial charge in [-0.1, -0.05) is 12.1 Å². The van der Waals surface area contributed by atoms with Crippen LogP contribution in [-0.4, -0.2) is 33.3 Å². The first kappa shape index (κ1) is 19.9. The quantitative estimate of drug-likeness (QED) is 0.593. The van der Waals surface area contributed by atoms with Crippen LogP contribution in [0.2, 0.25) is 0 Å². The third-order valence-corrected chi connectivity index (χ3v) is 6.59. The summed E-state index contributed by atoms with van der Waals surface area (Å²) in [6, 6.07) is 14.9. The van der Waals surface area contributed by atoms with E-state index in [2.05, 4.69) is 28.8 Å². The Labute approximate surface area is 174 Å². The Hall–Kier alpha value is -3.39. The van der Waals surface area contributed by atoms with Crippen molar-refractivity contribution in [1.29, 1.82) is 0 Å². The van der Waals surface area contributed by atoms with Crippen molar-refractivity contribution >= 4 is 44.0 Å². The summed E-state index contributed by atoms with van der Waals surface area (Å²) in [5.74, 6) is -1.09. The fourth-order valence-electron chi connectivity index (χ4n) is 3.70. The van der Waals surface area contributed by atoms with Crippen molar-refractivity contribution in [1.82, 2.24) is 5.32 Å². The molecule has 0 atom stereocenters. The first-order valence-electron chi connectivity index (χ1n) is 9.64. The summed E-state index contributed by atoms with van der Waals surface area (Å²) >= 11 is 0. The molecule has 1 aliphatic heterocycles. The number of nitrogens with zero attached hydrogens (tertiary/aromatic N) is 1. The Kier molecular flexibility index (Phi) is 4.95. The molecule has 3 aromatic carbocycles. The van der Waals surface area contributed by atoms with Gasteiger partial charge in [0.25, 0.3) is 21.8 Å². The van der Waals surface area contributed by atoms with Crippen LogP contribution in [0.1, 0.15) is 34.6 Å². The highest BCUT2D eigenvalue weighted by molar-refractivity contribution is 7.92. The molecule has 2 amide bonds. The van der Waals surface area contributed by atoms with Gasteiger partial charge in [-0.2, -0.15) is 0 Å². The summed E-state index contributed by atoms with van der Waals surface area (Å²) < 4.78 is 28.6.